The number of benzene rings is 1. The second-order valence-corrected chi connectivity index (χ2v) is 8.12. The average Bonchev–Trinajstić information content (AvgIpc) is 2.39. The van der Waals surface area contributed by atoms with Gasteiger partial charge in [-0.1, -0.05) is 13.0 Å². The van der Waals surface area contributed by atoms with Crippen molar-refractivity contribution in [2.24, 2.45) is 0 Å². The van der Waals surface area contributed by atoms with Gasteiger partial charge in [0.1, 0.15) is 0 Å². The predicted molar refractivity (Wildman–Crippen MR) is 91.0 cm³/mol. The van der Waals surface area contributed by atoms with Gasteiger partial charge < -0.3 is 5.32 Å². The largest absolute Gasteiger partial charge is 0.316 e. The smallest absolute Gasteiger partial charge is 0.244 e. The molecule has 0 heterocycles. The molecule has 0 bridgehead atoms. The molecule has 0 unspecified atom stereocenters. The van der Waals surface area contributed by atoms with Crippen molar-refractivity contribution in [2.75, 3.05) is 13.6 Å². The molecule has 4 nitrogen and oxygen atoms in total. The van der Waals surface area contributed by atoms with Gasteiger partial charge >= 0.3 is 0 Å². The fourth-order valence-electron chi connectivity index (χ4n) is 2.31. The molecule has 1 aromatic carbocycles. The van der Waals surface area contributed by atoms with E-state index in [9.17, 15) is 8.42 Å². The maximum atomic E-state index is 13.0. The Labute approximate surface area is 137 Å². The summed E-state index contributed by atoms with van der Waals surface area (Å²) >= 11 is 3.44. The van der Waals surface area contributed by atoms with Crippen molar-refractivity contribution in [2.45, 2.75) is 51.6 Å². The van der Waals surface area contributed by atoms with E-state index in [0.29, 0.717) is 22.5 Å². The van der Waals surface area contributed by atoms with Gasteiger partial charge in [0.2, 0.25) is 10.0 Å². The molecule has 0 saturated carbocycles. The number of halogens is 1. The highest BCUT2D eigenvalue weighted by atomic mass is 79.9. The first-order chi connectivity index (χ1) is 9.75. The third-order valence-electron chi connectivity index (χ3n) is 3.27. The highest BCUT2D eigenvalue weighted by Crippen LogP contribution is 2.30. The molecule has 1 aromatic rings. The monoisotopic (exact) mass is 376 g/mol. The molecule has 0 fully saturated rings. The summed E-state index contributed by atoms with van der Waals surface area (Å²) in [6, 6.07) is 3.70. The summed E-state index contributed by atoms with van der Waals surface area (Å²) in [5.41, 5.74) is 1.90. The van der Waals surface area contributed by atoms with Gasteiger partial charge in [0, 0.05) is 23.6 Å². The Kier molecular flexibility index (Phi) is 6.84. The van der Waals surface area contributed by atoms with Crippen LogP contribution in [0.15, 0.2) is 21.5 Å². The van der Waals surface area contributed by atoms with E-state index in [0.717, 1.165) is 17.5 Å². The first-order valence-electron chi connectivity index (χ1n) is 7.21. The highest BCUT2D eigenvalue weighted by Gasteiger charge is 2.29. The zero-order valence-electron chi connectivity index (χ0n) is 13.4. The van der Waals surface area contributed by atoms with Crippen LogP contribution in [0.1, 0.15) is 38.3 Å². The Morgan fingerprint density at radius 3 is 2.43 bits per heavy atom. The van der Waals surface area contributed by atoms with Crippen molar-refractivity contribution < 1.29 is 8.42 Å². The van der Waals surface area contributed by atoms with Gasteiger partial charge in [-0.3, -0.25) is 0 Å². The van der Waals surface area contributed by atoms with Crippen LogP contribution in [0.3, 0.4) is 0 Å². The number of nitrogens with zero attached hydrogens (tertiary/aromatic N) is 1. The summed E-state index contributed by atoms with van der Waals surface area (Å²) in [4.78, 5) is 0.356. The third kappa shape index (κ3) is 4.28. The van der Waals surface area contributed by atoms with Crippen LogP contribution in [0.4, 0.5) is 0 Å². The summed E-state index contributed by atoms with van der Waals surface area (Å²) in [5, 5.41) is 3.06. The van der Waals surface area contributed by atoms with Gasteiger partial charge in [0.15, 0.2) is 0 Å². The van der Waals surface area contributed by atoms with Crippen molar-refractivity contribution in [1.82, 2.24) is 9.62 Å². The average molecular weight is 377 g/mol. The fourth-order valence-corrected chi connectivity index (χ4v) is 5.07. The SMILES string of the molecule is CCCN(C(C)C)S(=O)(=O)c1cc(CNC)cc(C)c1Br. The number of sulfonamides is 1. The molecular formula is C15H25BrN2O2S. The summed E-state index contributed by atoms with van der Waals surface area (Å²) in [5.74, 6) is 0. The molecule has 0 atom stereocenters. The number of hydrogen-bond acceptors (Lipinski definition) is 3. The van der Waals surface area contributed by atoms with E-state index in [4.69, 9.17) is 0 Å². The summed E-state index contributed by atoms with van der Waals surface area (Å²) in [6.45, 7) is 8.90. The molecule has 0 aliphatic heterocycles. The van der Waals surface area contributed by atoms with Crippen LogP contribution in [-0.4, -0.2) is 32.4 Å². The molecule has 0 radical (unpaired) electrons. The van der Waals surface area contributed by atoms with Gasteiger partial charge in [-0.2, -0.15) is 4.31 Å². The molecule has 0 saturated heterocycles. The molecule has 0 aromatic heterocycles. The summed E-state index contributed by atoms with van der Waals surface area (Å²) < 4.78 is 28.2. The lowest BCUT2D eigenvalue weighted by molar-refractivity contribution is 0.354. The maximum Gasteiger partial charge on any atom is 0.244 e. The van der Waals surface area contributed by atoms with E-state index in [2.05, 4.69) is 21.2 Å². The summed E-state index contributed by atoms with van der Waals surface area (Å²) in [6.07, 6.45) is 0.796. The van der Waals surface area contributed by atoms with Gasteiger partial charge in [-0.05, 0) is 67.4 Å². The zero-order chi connectivity index (χ0) is 16.2. The molecule has 120 valence electrons. The Bertz CT molecular complexity index is 586. The van der Waals surface area contributed by atoms with E-state index >= 15 is 0 Å². The van der Waals surface area contributed by atoms with Crippen molar-refractivity contribution in [3.8, 4) is 0 Å². The number of hydrogen-bond donors (Lipinski definition) is 1. The lowest BCUT2D eigenvalue weighted by Gasteiger charge is -2.26. The topological polar surface area (TPSA) is 49.4 Å². The minimum atomic E-state index is -3.50. The molecule has 6 heteroatoms. The van der Waals surface area contributed by atoms with Crippen LogP contribution in [0, 0.1) is 6.92 Å². The molecule has 1 N–H and O–H groups in total. The van der Waals surface area contributed by atoms with Gasteiger partial charge in [-0.15, -0.1) is 0 Å². The van der Waals surface area contributed by atoms with Gasteiger partial charge in [-0.25, -0.2) is 8.42 Å². The van der Waals surface area contributed by atoms with Crippen LogP contribution >= 0.6 is 15.9 Å². The van der Waals surface area contributed by atoms with Crippen LogP contribution in [0.5, 0.6) is 0 Å². The van der Waals surface area contributed by atoms with Crippen LogP contribution < -0.4 is 5.32 Å². The van der Waals surface area contributed by atoms with Crippen molar-refractivity contribution in [3.05, 3.63) is 27.7 Å². The van der Waals surface area contributed by atoms with E-state index in [1.165, 1.54) is 0 Å². The summed E-state index contributed by atoms with van der Waals surface area (Å²) in [7, 11) is -1.65. The van der Waals surface area contributed by atoms with Crippen molar-refractivity contribution >= 4 is 26.0 Å². The molecule has 0 aliphatic rings. The Balaban J connectivity index is 3.41. The van der Waals surface area contributed by atoms with Gasteiger partial charge in [0.05, 0.1) is 4.90 Å². The lowest BCUT2D eigenvalue weighted by atomic mass is 10.1. The lowest BCUT2D eigenvalue weighted by Crippen LogP contribution is -2.37. The van der Waals surface area contributed by atoms with Gasteiger partial charge in [0.25, 0.3) is 0 Å². The van der Waals surface area contributed by atoms with Crippen molar-refractivity contribution in [3.63, 3.8) is 0 Å². The van der Waals surface area contributed by atoms with Crippen LogP contribution in [0.25, 0.3) is 0 Å². The van der Waals surface area contributed by atoms with E-state index < -0.39 is 10.0 Å². The second-order valence-electron chi connectivity index (χ2n) is 5.46. The molecular weight excluding hydrogens is 352 g/mol. The molecule has 0 spiro atoms. The van der Waals surface area contributed by atoms with E-state index in [1.54, 1.807) is 10.4 Å². The first-order valence-corrected chi connectivity index (χ1v) is 9.44. The van der Waals surface area contributed by atoms with Crippen molar-refractivity contribution in [1.29, 1.82) is 0 Å². The minimum Gasteiger partial charge on any atom is -0.316 e. The molecule has 21 heavy (non-hydrogen) atoms. The van der Waals surface area contributed by atoms with Crippen LogP contribution in [0.2, 0.25) is 0 Å². The van der Waals surface area contributed by atoms with E-state index in [-0.39, 0.29) is 6.04 Å². The Hall–Kier alpha value is -0.430. The molecule has 0 amide bonds. The zero-order valence-corrected chi connectivity index (χ0v) is 15.8. The molecule has 0 aliphatic carbocycles. The maximum absolute atomic E-state index is 13.0. The third-order valence-corrected chi connectivity index (χ3v) is 6.68. The Morgan fingerprint density at radius 1 is 1.33 bits per heavy atom. The fraction of sp³-hybridized carbons (Fsp3) is 0.600. The second kappa shape index (κ2) is 7.72. The predicted octanol–water partition coefficient (Wildman–Crippen LogP) is 3.29. The number of rotatable bonds is 7. The van der Waals surface area contributed by atoms with Crippen LogP contribution in [-0.2, 0) is 16.6 Å². The number of aryl methyl sites for hydroxylation is 1. The van der Waals surface area contributed by atoms with E-state index in [1.807, 2.05) is 40.8 Å². The first kappa shape index (κ1) is 18.6. The molecule has 1 rings (SSSR count). The number of nitrogens with one attached hydrogen (secondary N) is 1. The quantitative estimate of drug-likeness (QED) is 0.793. The normalized spacial score (nSPS) is 12.4. The highest BCUT2D eigenvalue weighted by molar-refractivity contribution is 9.10. The standard InChI is InChI=1S/C15H25BrN2O2S/c1-6-7-18(11(2)3)21(19,20)14-9-13(10-17-5)8-12(4)15(14)16/h8-9,11,17H,6-7,10H2,1-5H3. The minimum absolute atomic E-state index is 0.0601. The Morgan fingerprint density at radius 2 is 1.95 bits per heavy atom.